The highest BCUT2D eigenvalue weighted by Gasteiger charge is 2.28. The van der Waals surface area contributed by atoms with Gasteiger partial charge in [-0.05, 0) is 31.5 Å². The van der Waals surface area contributed by atoms with Crippen LogP contribution < -0.4 is 15.4 Å². The molecule has 0 radical (unpaired) electrons. The number of methoxy groups -OCH3 is 1. The van der Waals surface area contributed by atoms with Gasteiger partial charge in [0.2, 0.25) is 5.91 Å². The Bertz CT molecular complexity index is 645. The van der Waals surface area contributed by atoms with E-state index in [0.717, 1.165) is 11.3 Å². The van der Waals surface area contributed by atoms with Crippen molar-refractivity contribution in [2.24, 2.45) is 0 Å². The summed E-state index contributed by atoms with van der Waals surface area (Å²) in [6, 6.07) is 7.17. The highest BCUT2D eigenvalue weighted by molar-refractivity contribution is 8.04. The lowest BCUT2D eigenvalue weighted by molar-refractivity contribution is -0.137. The number of hydrogen-bond acceptors (Lipinski definition) is 6. The number of carbonyl (C=O) groups is 2. The molecule has 0 spiro atoms. The Morgan fingerprint density at radius 1 is 1.42 bits per heavy atom. The fraction of sp³-hybridized carbons (Fsp3) is 0.412. The second-order valence-electron chi connectivity index (χ2n) is 5.25. The molecular formula is C17H22N2O4S. The first-order chi connectivity index (χ1) is 11.5. The van der Waals surface area contributed by atoms with Gasteiger partial charge in [0.1, 0.15) is 16.7 Å². The predicted octanol–water partition coefficient (Wildman–Crippen LogP) is 1.81. The van der Waals surface area contributed by atoms with Crippen molar-refractivity contribution in [1.29, 1.82) is 0 Å². The molecule has 1 aliphatic heterocycles. The molecule has 0 aromatic heterocycles. The van der Waals surface area contributed by atoms with Gasteiger partial charge in [-0.15, -0.1) is 11.8 Å². The van der Waals surface area contributed by atoms with Crippen molar-refractivity contribution in [2.45, 2.75) is 26.4 Å². The second kappa shape index (κ2) is 8.63. The maximum atomic E-state index is 12.3. The lowest BCUT2D eigenvalue weighted by Crippen LogP contribution is -2.47. The minimum atomic E-state index is -0.376. The number of rotatable bonds is 6. The van der Waals surface area contributed by atoms with Crippen LogP contribution in [0.5, 0.6) is 5.75 Å². The van der Waals surface area contributed by atoms with Crippen molar-refractivity contribution < 1.29 is 19.1 Å². The van der Waals surface area contributed by atoms with Crippen LogP contribution in [0.2, 0.25) is 0 Å². The molecule has 0 saturated heterocycles. The molecule has 24 heavy (non-hydrogen) atoms. The zero-order valence-corrected chi connectivity index (χ0v) is 14.9. The van der Waals surface area contributed by atoms with Crippen LogP contribution >= 0.6 is 11.8 Å². The average molecular weight is 350 g/mol. The molecule has 1 atom stereocenters. The van der Waals surface area contributed by atoms with E-state index in [4.69, 9.17) is 9.47 Å². The first kappa shape index (κ1) is 18.2. The summed E-state index contributed by atoms with van der Waals surface area (Å²) in [7, 11) is 1.61. The van der Waals surface area contributed by atoms with Crippen LogP contribution in [0, 0.1) is 0 Å². The van der Waals surface area contributed by atoms with E-state index in [9.17, 15) is 9.59 Å². The topological polar surface area (TPSA) is 76.7 Å². The molecule has 1 amide bonds. The quantitative estimate of drug-likeness (QED) is 0.762. The molecule has 6 nitrogen and oxygen atoms in total. The van der Waals surface area contributed by atoms with Crippen molar-refractivity contribution in [3.05, 3.63) is 40.4 Å². The van der Waals surface area contributed by atoms with Crippen LogP contribution in [0.1, 0.15) is 19.4 Å². The number of ether oxygens (including phenoxy) is 2. The van der Waals surface area contributed by atoms with E-state index in [1.807, 2.05) is 24.3 Å². The van der Waals surface area contributed by atoms with Gasteiger partial charge in [0.25, 0.3) is 0 Å². The number of allylic oxidation sites excluding steroid dienone is 1. The molecule has 2 N–H and O–H groups in total. The summed E-state index contributed by atoms with van der Waals surface area (Å²) < 4.78 is 10.2. The van der Waals surface area contributed by atoms with E-state index in [1.54, 1.807) is 21.0 Å². The van der Waals surface area contributed by atoms with Crippen LogP contribution in [0.4, 0.5) is 0 Å². The molecular weight excluding hydrogens is 328 g/mol. The Labute approximate surface area is 146 Å². The zero-order chi connectivity index (χ0) is 17.5. The lowest BCUT2D eigenvalue weighted by Gasteiger charge is -2.25. The number of benzene rings is 1. The Morgan fingerprint density at radius 2 is 2.21 bits per heavy atom. The van der Waals surface area contributed by atoms with Gasteiger partial charge in [-0.3, -0.25) is 4.79 Å². The SMILES string of the molecule is CCOC(=O)C1=C(C)N[C@@H](C(=O)NCc2cccc(OC)c2)CS1. The third-order valence-corrected chi connectivity index (χ3v) is 4.77. The maximum Gasteiger partial charge on any atom is 0.346 e. The molecule has 0 bridgehead atoms. The smallest absolute Gasteiger partial charge is 0.346 e. The molecule has 130 valence electrons. The highest BCUT2D eigenvalue weighted by atomic mass is 32.2. The van der Waals surface area contributed by atoms with Crippen molar-refractivity contribution in [2.75, 3.05) is 19.5 Å². The van der Waals surface area contributed by atoms with E-state index in [2.05, 4.69) is 10.6 Å². The van der Waals surface area contributed by atoms with E-state index in [0.29, 0.717) is 29.5 Å². The van der Waals surface area contributed by atoms with Crippen LogP contribution in [-0.2, 0) is 20.9 Å². The normalized spacial score (nSPS) is 17.0. The number of amides is 1. The first-order valence-electron chi connectivity index (χ1n) is 7.73. The van der Waals surface area contributed by atoms with Crippen LogP contribution in [0.3, 0.4) is 0 Å². The number of carbonyl (C=O) groups excluding carboxylic acids is 2. The lowest BCUT2D eigenvalue weighted by atomic mass is 10.2. The van der Waals surface area contributed by atoms with E-state index < -0.39 is 0 Å². The Balaban J connectivity index is 1.91. The second-order valence-corrected chi connectivity index (χ2v) is 6.28. The molecule has 0 fully saturated rings. The van der Waals surface area contributed by atoms with E-state index >= 15 is 0 Å². The Morgan fingerprint density at radius 3 is 2.88 bits per heavy atom. The summed E-state index contributed by atoms with van der Waals surface area (Å²) in [6.45, 7) is 4.30. The minimum Gasteiger partial charge on any atom is -0.497 e. The van der Waals surface area contributed by atoms with E-state index in [-0.39, 0.29) is 17.9 Å². The third-order valence-electron chi connectivity index (χ3n) is 3.50. The molecule has 1 aromatic rings. The van der Waals surface area contributed by atoms with Crippen molar-refractivity contribution in [1.82, 2.24) is 10.6 Å². The Hall–Kier alpha value is -2.15. The van der Waals surface area contributed by atoms with Crippen LogP contribution in [0.15, 0.2) is 34.9 Å². The molecule has 0 unspecified atom stereocenters. The van der Waals surface area contributed by atoms with Crippen LogP contribution in [-0.4, -0.2) is 37.4 Å². The van der Waals surface area contributed by atoms with Gasteiger partial charge < -0.3 is 20.1 Å². The molecule has 1 aromatic carbocycles. The average Bonchev–Trinajstić information content (AvgIpc) is 2.59. The summed E-state index contributed by atoms with van der Waals surface area (Å²) in [5, 5.41) is 5.99. The van der Waals surface area contributed by atoms with E-state index in [1.165, 1.54) is 11.8 Å². The number of esters is 1. The molecule has 1 heterocycles. The third kappa shape index (κ3) is 4.67. The monoisotopic (exact) mass is 350 g/mol. The largest absolute Gasteiger partial charge is 0.497 e. The van der Waals surface area contributed by atoms with Gasteiger partial charge in [-0.2, -0.15) is 0 Å². The van der Waals surface area contributed by atoms with Crippen molar-refractivity contribution in [3.8, 4) is 5.75 Å². The molecule has 1 aliphatic rings. The van der Waals surface area contributed by atoms with Gasteiger partial charge in [0, 0.05) is 18.0 Å². The number of nitrogens with one attached hydrogen (secondary N) is 2. The number of thioether (sulfide) groups is 1. The summed E-state index contributed by atoms with van der Waals surface area (Å²) in [5.41, 5.74) is 1.64. The first-order valence-corrected chi connectivity index (χ1v) is 8.71. The minimum absolute atomic E-state index is 0.104. The summed E-state index contributed by atoms with van der Waals surface area (Å²) in [4.78, 5) is 24.7. The molecule has 7 heteroatoms. The molecule has 0 saturated carbocycles. The standard InChI is InChI=1S/C17H22N2O4S/c1-4-23-17(21)15-11(2)19-14(10-24-15)16(20)18-9-12-6-5-7-13(8-12)22-3/h5-8,14,19H,4,9-10H2,1-3H3,(H,18,20)/t14-/m1/s1. The fourth-order valence-electron chi connectivity index (χ4n) is 2.29. The number of hydrogen-bond donors (Lipinski definition) is 2. The zero-order valence-electron chi connectivity index (χ0n) is 14.0. The highest BCUT2D eigenvalue weighted by Crippen LogP contribution is 2.26. The summed E-state index contributed by atoms with van der Waals surface area (Å²) in [6.07, 6.45) is 0. The predicted molar refractivity (Wildman–Crippen MR) is 93.6 cm³/mol. The fourth-order valence-corrected chi connectivity index (χ4v) is 3.31. The summed E-state index contributed by atoms with van der Waals surface area (Å²) >= 11 is 1.35. The molecule has 0 aliphatic carbocycles. The summed E-state index contributed by atoms with van der Waals surface area (Å²) in [5.74, 6) is 0.788. The van der Waals surface area contributed by atoms with Gasteiger partial charge in [0.05, 0.1) is 13.7 Å². The van der Waals surface area contributed by atoms with Gasteiger partial charge in [-0.25, -0.2) is 4.79 Å². The van der Waals surface area contributed by atoms with Gasteiger partial charge >= 0.3 is 5.97 Å². The Kier molecular flexibility index (Phi) is 6.54. The van der Waals surface area contributed by atoms with Gasteiger partial charge in [-0.1, -0.05) is 12.1 Å². The van der Waals surface area contributed by atoms with Crippen molar-refractivity contribution in [3.63, 3.8) is 0 Å². The van der Waals surface area contributed by atoms with Crippen molar-refractivity contribution >= 4 is 23.6 Å². The molecule has 2 rings (SSSR count). The van der Waals surface area contributed by atoms with Gasteiger partial charge in [0.15, 0.2) is 0 Å². The maximum absolute atomic E-state index is 12.3. The van der Waals surface area contributed by atoms with Crippen LogP contribution in [0.25, 0.3) is 0 Å².